The van der Waals surface area contributed by atoms with Gasteiger partial charge in [0.05, 0.1) is 13.5 Å². The van der Waals surface area contributed by atoms with Crippen LogP contribution < -0.4 is 10.2 Å². The number of rotatable bonds is 4. The molecular weight excluding hydrogens is 378 g/mol. The molecule has 0 saturated carbocycles. The van der Waals surface area contributed by atoms with E-state index in [2.05, 4.69) is 5.48 Å². The van der Waals surface area contributed by atoms with E-state index in [0.717, 1.165) is 16.9 Å². The van der Waals surface area contributed by atoms with Gasteiger partial charge in [0.25, 0.3) is 0 Å². The standard InChI is InChI=1S/C21H22ClN3O3/c1-27-18-5-3-2-4-16(18)14-19(26)25-12-10-21(11-13-25)23-20(24-28-21)15-6-8-17(22)9-7-15/h2-9H,10-14H2,1H3,(H,23,24). The number of nitrogens with zero attached hydrogens (tertiary/aromatic N) is 2. The molecule has 1 fully saturated rings. The molecule has 1 amide bonds. The summed E-state index contributed by atoms with van der Waals surface area (Å²) >= 11 is 5.95. The second-order valence-electron chi connectivity index (χ2n) is 6.99. The first kappa shape index (κ1) is 18.8. The summed E-state index contributed by atoms with van der Waals surface area (Å²) in [7, 11) is 1.62. The Kier molecular flexibility index (Phi) is 5.24. The fraction of sp³-hybridized carbons (Fsp3) is 0.333. The number of carbonyl (C=O) groups is 1. The van der Waals surface area contributed by atoms with Crippen LogP contribution >= 0.6 is 11.6 Å². The molecule has 6 nitrogen and oxygen atoms in total. The molecule has 0 radical (unpaired) electrons. The first-order valence-electron chi connectivity index (χ1n) is 9.28. The molecule has 4 rings (SSSR count). The molecule has 2 aromatic carbocycles. The van der Waals surface area contributed by atoms with Crippen LogP contribution in [0.5, 0.6) is 5.75 Å². The highest BCUT2D eigenvalue weighted by Crippen LogP contribution is 2.31. The summed E-state index contributed by atoms with van der Waals surface area (Å²) in [5.74, 6) is 1.53. The maximum atomic E-state index is 12.7. The molecular formula is C21H22ClN3O3. The summed E-state index contributed by atoms with van der Waals surface area (Å²) in [5, 5.41) is 0.680. The lowest BCUT2D eigenvalue weighted by Crippen LogP contribution is -2.47. The summed E-state index contributed by atoms with van der Waals surface area (Å²) < 4.78 is 5.35. The van der Waals surface area contributed by atoms with Crippen LogP contribution in [0.1, 0.15) is 24.0 Å². The van der Waals surface area contributed by atoms with Gasteiger partial charge in [-0.2, -0.15) is 0 Å². The van der Waals surface area contributed by atoms with Crippen LogP contribution in [0.25, 0.3) is 0 Å². The summed E-state index contributed by atoms with van der Waals surface area (Å²) in [6.07, 6.45) is 1.62. The Morgan fingerprint density at radius 1 is 1.21 bits per heavy atom. The Labute approximate surface area is 169 Å². The topological polar surface area (TPSA) is 63.2 Å². The van der Waals surface area contributed by atoms with Gasteiger partial charge in [-0.25, -0.2) is 15.3 Å². The number of para-hydroxylation sites is 1. The molecule has 28 heavy (non-hydrogen) atoms. The van der Waals surface area contributed by atoms with Crippen molar-refractivity contribution >= 4 is 23.3 Å². The highest BCUT2D eigenvalue weighted by atomic mass is 35.5. The van der Waals surface area contributed by atoms with Crippen LogP contribution in [-0.2, 0) is 16.1 Å². The van der Waals surface area contributed by atoms with Crippen molar-refractivity contribution in [1.82, 2.24) is 10.4 Å². The van der Waals surface area contributed by atoms with Gasteiger partial charge in [0.15, 0.2) is 11.6 Å². The molecule has 1 N–H and O–H groups in total. The molecule has 0 aromatic heterocycles. The van der Waals surface area contributed by atoms with E-state index >= 15 is 0 Å². The predicted molar refractivity (Wildman–Crippen MR) is 107 cm³/mol. The van der Waals surface area contributed by atoms with Crippen molar-refractivity contribution in [2.45, 2.75) is 25.0 Å². The number of hydrogen-bond acceptors (Lipinski definition) is 5. The molecule has 146 valence electrons. The van der Waals surface area contributed by atoms with Gasteiger partial charge in [0.1, 0.15) is 5.75 Å². The van der Waals surface area contributed by atoms with Crippen molar-refractivity contribution in [3.8, 4) is 5.75 Å². The summed E-state index contributed by atoms with van der Waals surface area (Å²) in [6, 6.07) is 15.1. The number of hydroxylamine groups is 1. The molecule has 1 saturated heterocycles. The summed E-state index contributed by atoms with van der Waals surface area (Å²) in [4.78, 5) is 25.2. The second kappa shape index (κ2) is 7.81. The third-order valence-electron chi connectivity index (χ3n) is 5.20. The van der Waals surface area contributed by atoms with Crippen LogP contribution in [0.2, 0.25) is 5.02 Å². The number of benzene rings is 2. The number of ether oxygens (including phenoxy) is 1. The van der Waals surface area contributed by atoms with Crippen LogP contribution in [0.4, 0.5) is 0 Å². The van der Waals surface area contributed by atoms with Crippen LogP contribution in [-0.4, -0.2) is 42.6 Å². The molecule has 0 atom stereocenters. The van der Waals surface area contributed by atoms with Gasteiger partial charge in [-0.1, -0.05) is 29.8 Å². The van der Waals surface area contributed by atoms with Gasteiger partial charge >= 0.3 is 0 Å². The van der Waals surface area contributed by atoms with Gasteiger partial charge in [-0.15, -0.1) is 0 Å². The number of methoxy groups -OCH3 is 1. The van der Waals surface area contributed by atoms with Crippen LogP contribution in [0.3, 0.4) is 0 Å². The van der Waals surface area contributed by atoms with Crippen molar-refractivity contribution in [2.24, 2.45) is 4.99 Å². The van der Waals surface area contributed by atoms with Gasteiger partial charge in [-0.05, 0) is 30.3 Å². The molecule has 2 aliphatic rings. The first-order chi connectivity index (χ1) is 13.6. The number of nitrogens with one attached hydrogen (secondary N) is 1. The number of carbonyl (C=O) groups excluding carboxylic acids is 1. The normalized spacial score (nSPS) is 17.9. The van der Waals surface area contributed by atoms with Gasteiger partial charge in [0, 0.05) is 42.1 Å². The molecule has 2 aromatic rings. The maximum Gasteiger partial charge on any atom is 0.227 e. The zero-order valence-electron chi connectivity index (χ0n) is 15.7. The highest BCUT2D eigenvalue weighted by Gasteiger charge is 2.41. The fourth-order valence-corrected chi connectivity index (χ4v) is 3.69. The number of aliphatic imine (C=N–C) groups is 1. The van der Waals surface area contributed by atoms with Crippen molar-refractivity contribution in [2.75, 3.05) is 20.2 Å². The molecule has 2 aliphatic heterocycles. The molecule has 2 heterocycles. The number of amidine groups is 1. The Morgan fingerprint density at radius 2 is 1.93 bits per heavy atom. The van der Waals surface area contributed by atoms with E-state index in [-0.39, 0.29) is 5.91 Å². The average Bonchev–Trinajstić information content (AvgIpc) is 3.13. The highest BCUT2D eigenvalue weighted by molar-refractivity contribution is 6.30. The minimum atomic E-state index is -0.615. The van der Waals surface area contributed by atoms with E-state index in [1.165, 1.54) is 0 Å². The monoisotopic (exact) mass is 399 g/mol. The smallest absolute Gasteiger partial charge is 0.227 e. The lowest BCUT2D eigenvalue weighted by molar-refractivity contribution is -0.138. The number of amides is 1. The Balaban J connectivity index is 1.39. The first-order valence-corrected chi connectivity index (χ1v) is 9.66. The zero-order valence-corrected chi connectivity index (χ0v) is 16.4. The lowest BCUT2D eigenvalue weighted by atomic mass is 10.00. The molecule has 0 unspecified atom stereocenters. The third-order valence-corrected chi connectivity index (χ3v) is 5.45. The predicted octanol–water partition coefficient (Wildman–Crippen LogP) is 3.19. The second-order valence-corrected chi connectivity index (χ2v) is 7.42. The van der Waals surface area contributed by atoms with E-state index < -0.39 is 5.72 Å². The third kappa shape index (κ3) is 3.84. The van der Waals surface area contributed by atoms with E-state index in [1.807, 2.05) is 53.4 Å². The Morgan fingerprint density at radius 3 is 2.64 bits per heavy atom. The quantitative estimate of drug-likeness (QED) is 0.857. The average molecular weight is 400 g/mol. The van der Waals surface area contributed by atoms with Crippen LogP contribution in [0.15, 0.2) is 53.5 Å². The molecule has 0 bridgehead atoms. The van der Waals surface area contributed by atoms with Gasteiger partial charge in [-0.3, -0.25) is 4.79 Å². The molecule has 0 aliphatic carbocycles. The largest absolute Gasteiger partial charge is 0.496 e. The molecule has 7 heteroatoms. The van der Waals surface area contributed by atoms with E-state index in [9.17, 15) is 4.79 Å². The van der Waals surface area contributed by atoms with Crippen molar-refractivity contribution in [3.63, 3.8) is 0 Å². The Hall–Kier alpha value is -2.57. The molecule has 1 spiro atoms. The van der Waals surface area contributed by atoms with Gasteiger partial charge < -0.3 is 9.64 Å². The lowest BCUT2D eigenvalue weighted by Gasteiger charge is -2.35. The summed E-state index contributed by atoms with van der Waals surface area (Å²) in [5.41, 5.74) is 4.15. The van der Waals surface area contributed by atoms with Crippen molar-refractivity contribution in [1.29, 1.82) is 0 Å². The van der Waals surface area contributed by atoms with Crippen LogP contribution in [0, 0.1) is 0 Å². The van der Waals surface area contributed by atoms with E-state index in [4.69, 9.17) is 26.2 Å². The minimum Gasteiger partial charge on any atom is -0.496 e. The number of piperidine rings is 1. The number of likely N-dealkylation sites (tertiary alicyclic amines) is 1. The Bertz CT molecular complexity index is 890. The number of halogens is 1. The minimum absolute atomic E-state index is 0.0900. The SMILES string of the molecule is COc1ccccc1CC(=O)N1CCC2(CC1)N=C(c1ccc(Cl)cc1)NO2. The van der Waals surface area contributed by atoms with E-state index in [0.29, 0.717) is 43.2 Å². The zero-order chi connectivity index (χ0) is 19.6. The fourth-order valence-electron chi connectivity index (χ4n) is 3.57. The van der Waals surface area contributed by atoms with Crippen molar-refractivity contribution in [3.05, 3.63) is 64.7 Å². The van der Waals surface area contributed by atoms with Gasteiger partial charge in [0.2, 0.25) is 5.91 Å². The summed E-state index contributed by atoms with van der Waals surface area (Å²) in [6.45, 7) is 1.21. The van der Waals surface area contributed by atoms with E-state index in [1.54, 1.807) is 7.11 Å². The van der Waals surface area contributed by atoms with Crippen molar-refractivity contribution < 1.29 is 14.4 Å². The number of hydrogen-bond donors (Lipinski definition) is 1. The maximum absolute atomic E-state index is 12.7.